The zero-order chi connectivity index (χ0) is 13.6. The van der Waals surface area contributed by atoms with Crippen molar-refractivity contribution < 1.29 is 4.79 Å². The molecule has 2 nitrogen and oxygen atoms in total. The summed E-state index contributed by atoms with van der Waals surface area (Å²) in [4.78, 5) is 15.1. The molecule has 2 fully saturated rings. The molecule has 5 heteroatoms. The first-order valence-corrected chi connectivity index (χ1v) is 9.15. The van der Waals surface area contributed by atoms with Crippen LogP contribution in [0.2, 0.25) is 0 Å². The molecule has 0 aliphatic heterocycles. The fourth-order valence-electron chi connectivity index (χ4n) is 3.67. The Labute approximate surface area is 134 Å². The third kappa shape index (κ3) is 2.79. The van der Waals surface area contributed by atoms with Crippen molar-refractivity contribution in [3.63, 3.8) is 0 Å². The Kier molecular flexibility index (Phi) is 4.07. The molecule has 2 aliphatic rings. The number of carbonyl (C=O) groups is 1. The van der Waals surface area contributed by atoms with Crippen molar-refractivity contribution in [1.29, 1.82) is 0 Å². The van der Waals surface area contributed by atoms with Gasteiger partial charge in [-0.25, -0.2) is 0 Å². The van der Waals surface area contributed by atoms with Gasteiger partial charge in [0.25, 0.3) is 5.91 Å². The first kappa shape index (κ1) is 14.1. The largest absolute Gasteiger partial charge is 0.341 e. The van der Waals surface area contributed by atoms with Gasteiger partial charge in [0.05, 0.1) is 8.66 Å². The minimum absolute atomic E-state index is 0.152. The van der Waals surface area contributed by atoms with Crippen LogP contribution in [0.5, 0.6) is 0 Å². The van der Waals surface area contributed by atoms with Crippen LogP contribution in [0.15, 0.2) is 14.3 Å². The number of amides is 1. The number of thiophene rings is 1. The summed E-state index contributed by atoms with van der Waals surface area (Å²) in [6, 6.07) is 1.91. The highest BCUT2D eigenvalue weighted by atomic mass is 79.9. The summed E-state index contributed by atoms with van der Waals surface area (Å²) in [6.45, 7) is 0.924. The molecule has 3 rings (SSSR count). The van der Waals surface area contributed by atoms with E-state index in [1.807, 2.05) is 18.0 Å². The zero-order valence-electron chi connectivity index (χ0n) is 10.9. The van der Waals surface area contributed by atoms with Crippen molar-refractivity contribution in [1.82, 2.24) is 4.90 Å². The molecule has 2 aliphatic carbocycles. The maximum Gasteiger partial charge on any atom is 0.263 e. The van der Waals surface area contributed by atoms with Crippen molar-refractivity contribution >= 4 is 49.1 Å². The predicted octanol–water partition coefficient (Wildman–Crippen LogP) is 4.78. The minimum Gasteiger partial charge on any atom is -0.341 e. The molecule has 2 bridgehead atoms. The maximum absolute atomic E-state index is 12.4. The highest BCUT2D eigenvalue weighted by Crippen LogP contribution is 2.48. The van der Waals surface area contributed by atoms with E-state index < -0.39 is 0 Å². The second-order valence-corrected chi connectivity index (χ2v) is 9.08. The molecular formula is C14H17Br2NOS. The molecule has 1 heterocycles. The smallest absolute Gasteiger partial charge is 0.263 e. The highest BCUT2D eigenvalue weighted by Gasteiger charge is 2.40. The Morgan fingerprint density at radius 2 is 2.21 bits per heavy atom. The van der Waals surface area contributed by atoms with Crippen LogP contribution >= 0.6 is 43.2 Å². The van der Waals surface area contributed by atoms with E-state index >= 15 is 0 Å². The molecule has 0 radical (unpaired) electrons. The molecule has 2 saturated carbocycles. The third-order valence-electron chi connectivity index (χ3n) is 4.60. The normalized spacial score (nSPS) is 28.9. The Morgan fingerprint density at radius 1 is 1.42 bits per heavy atom. The van der Waals surface area contributed by atoms with Crippen LogP contribution in [0, 0.1) is 17.8 Å². The molecule has 0 N–H and O–H groups in total. The van der Waals surface area contributed by atoms with Crippen molar-refractivity contribution in [3.8, 4) is 0 Å². The average Bonchev–Trinajstić information content (AvgIpc) is 3.05. The van der Waals surface area contributed by atoms with E-state index in [-0.39, 0.29) is 5.91 Å². The van der Waals surface area contributed by atoms with Gasteiger partial charge in [-0.1, -0.05) is 6.42 Å². The molecule has 0 spiro atoms. The zero-order valence-corrected chi connectivity index (χ0v) is 14.9. The summed E-state index contributed by atoms with van der Waals surface area (Å²) in [5.74, 6) is 2.71. The number of fused-ring (bicyclic) bond motifs is 2. The molecule has 3 atom stereocenters. The molecule has 0 saturated heterocycles. The summed E-state index contributed by atoms with van der Waals surface area (Å²) in [6.07, 6.45) is 5.54. The summed E-state index contributed by atoms with van der Waals surface area (Å²) in [7, 11) is 1.94. The highest BCUT2D eigenvalue weighted by molar-refractivity contribution is 9.13. The number of carbonyl (C=O) groups excluding carboxylic acids is 1. The van der Waals surface area contributed by atoms with Gasteiger partial charge in [-0.3, -0.25) is 4.79 Å². The van der Waals surface area contributed by atoms with Crippen molar-refractivity contribution in [2.45, 2.75) is 25.7 Å². The van der Waals surface area contributed by atoms with Crippen molar-refractivity contribution in [3.05, 3.63) is 19.2 Å². The predicted molar refractivity (Wildman–Crippen MR) is 85.6 cm³/mol. The Hall–Kier alpha value is 0.130. The molecule has 1 amide bonds. The van der Waals surface area contributed by atoms with Gasteiger partial charge in [0, 0.05) is 18.1 Å². The second kappa shape index (κ2) is 5.49. The van der Waals surface area contributed by atoms with Crippen LogP contribution in [0.4, 0.5) is 0 Å². The number of halogens is 2. The molecule has 1 aromatic rings. The van der Waals surface area contributed by atoms with E-state index in [1.54, 1.807) is 0 Å². The molecule has 104 valence electrons. The first-order valence-electron chi connectivity index (χ1n) is 6.75. The van der Waals surface area contributed by atoms with Crippen LogP contribution in [-0.4, -0.2) is 24.4 Å². The van der Waals surface area contributed by atoms with Gasteiger partial charge in [-0.2, -0.15) is 0 Å². The van der Waals surface area contributed by atoms with Gasteiger partial charge in [-0.05, 0) is 74.9 Å². The summed E-state index contributed by atoms with van der Waals surface area (Å²) < 4.78 is 1.96. The average molecular weight is 407 g/mol. The van der Waals surface area contributed by atoms with Crippen molar-refractivity contribution in [2.24, 2.45) is 17.8 Å². The lowest BCUT2D eigenvalue weighted by molar-refractivity contribution is 0.0759. The number of nitrogens with zero attached hydrogens (tertiary/aromatic N) is 1. The van der Waals surface area contributed by atoms with Crippen LogP contribution in [-0.2, 0) is 0 Å². The summed E-state index contributed by atoms with van der Waals surface area (Å²) in [5.41, 5.74) is 0. The van der Waals surface area contributed by atoms with Crippen molar-refractivity contribution in [2.75, 3.05) is 13.6 Å². The van der Waals surface area contributed by atoms with Crippen LogP contribution in [0.1, 0.15) is 35.4 Å². The third-order valence-corrected chi connectivity index (χ3v) is 7.84. The fraction of sp³-hybridized carbons (Fsp3) is 0.643. The number of rotatable bonds is 3. The van der Waals surface area contributed by atoms with Gasteiger partial charge in [0.2, 0.25) is 0 Å². The topological polar surface area (TPSA) is 20.3 Å². The van der Waals surface area contributed by atoms with E-state index in [4.69, 9.17) is 0 Å². The quantitative estimate of drug-likeness (QED) is 0.707. The van der Waals surface area contributed by atoms with Gasteiger partial charge < -0.3 is 4.90 Å². The summed E-state index contributed by atoms with van der Waals surface area (Å²) in [5, 5.41) is 0. The number of hydrogen-bond donors (Lipinski definition) is 0. The maximum atomic E-state index is 12.4. The van der Waals surface area contributed by atoms with E-state index in [1.165, 1.54) is 37.0 Å². The lowest BCUT2D eigenvalue weighted by Gasteiger charge is -2.27. The van der Waals surface area contributed by atoms with E-state index in [0.717, 1.165) is 37.4 Å². The molecule has 3 unspecified atom stereocenters. The molecule has 1 aromatic heterocycles. The summed E-state index contributed by atoms with van der Waals surface area (Å²) >= 11 is 8.39. The van der Waals surface area contributed by atoms with E-state index in [2.05, 4.69) is 31.9 Å². The van der Waals surface area contributed by atoms with Gasteiger partial charge in [0.15, 0.2) is 0 Å². The van der Waals surface area contributed by atoms with Crippen LogP contribution < -0.4 is 0 Å². The SMILES string of the molecule is CN(CC1CC2CCC1C2)C(=O)c1cc(Br)c(Br)s1. The molecule has 19 heavy (non-hydrogen) atoms. The Balaban J connectivity index is 1.64. The van der Waals surface area contributed by atoms with E-state index in [0.29, 0.717) is 0 Å². The standard InChI is InChI=1S/C14H17Br2NOS/c1-17(7-10-5-8-2-3-9(10)4-8)14(18)12-6-11(15)13(16)19-12/h6,8-10H,2-5,7H2,1H3. The first-order chi connectivity index (χ1) is 9.04. The van der Waals surface area contributed by atoms with Gasteiger partial charge in [-0.15, -0.1) is 11.3 Å². The molecule has 0 aromatic carbocycles. The fourth-order valence-corrected chi connectivity index (χ4v) is 5.71. The Morgan fingerprint density at radius 3 is 2.74 bits per heavy atom. The van der Waals surface area contributed by atoms with Crippen LogP contribution in [0.25, 0.3) is 0 Å². The van der Waals surface area contributed by atoms with Gasteiger partial charge >= 0.3 is 0 Å². The minimum atomic E-state index is 0.152. The molecular weight excluding hydrogens is 390 g/mol. The van der Waals surface area contributed by atoms with E-state index in [9.17, 15) is 4.79 Å². The van der Waals surface area contributed by atoms with Crippen LogP contribution in [0.3, 0.4) is 0 Å². The lowest BCUT2D eigenvalue weighted by Crippen LogP contribution is -2.33. The van der Waals surface area contributed by atoms with Gasteiger partial charge in [0.1, 0.15) is 0 Å². The Bertz CT molecular complexity index is 482. The second-order valence-electron chi connectivity index (χ2n) is 5.85. The monoisotopic (exact) mass is 405 g/mol. The number of hydrogen-bond acceptors (Lipinski definition) is 2. The lowest BCUT2D eigenvalue weighted by atomic mass is 9.88.